The maximum absolute atomic E-state index is 12.8. The third-order valence-electron chi connectivity index (χ3n) is 3.20. The lowest BCUT2D eigenvalue weighted by molar-refractivity contribution is -0.128. The average Bonchev–Trinajstić information content (AvgIpc) is 2.60. The van der Waals surface area contributed by atoms with Crippen molar-refractivity contribution in [2.45, 2.75) is 6.42 Å². The normalized spacial score (nSPS) is 10.1. The number of rotatable bonds is 5. The zero-order valence-corrected chi connectivity index (χ0v) is 14.8. The highest BCUT2D eigenvalue weighted by Crippen LogP contribution is 2.20. The number of carbonyl (C=O) groups is 3. The fourth-order valence-electron chi connectivity index (χ4n) is 1.94. The van der Waals surface area contributed by atoms with Crippen LogP contribution in [0.2, 0.25) is 10.0 Å². The number of hydrogen-bond acceptors (Lipinski definition) is 3. The maximum atomic E-state index is 12.8. The number of nitrogens with one attached hydrogen (secondary N) is 3. The van der Waals surface area contributed by atoms with Crippen LogP contribution in [0.5, 0.6) is 0 Å². The van der Waals surface area contributed by atoms with Crippen molar-refractivity contribution < 1.29 is 18.8 Å². The summed E-state index contributed by atoms with van der Waals surface area (Å²) in [6.07, 6.45) is -0.0344. The second kappa shape index (κ2) is 9.17. The van der Waals surface area contributed by atoms with Crippen molar-refractivity contribution in [1.82, 2.24) is 16.2 Å². The Labute approximate surface area is 158 Å². The Morgan fingerprint density at radius 3 is 2.23 bits per heavy atom. The van der Waals surface area contributed by atoms with Gasteiger partial charge in [-0.2, -0.15) is 0 Å². The Morgan fingerprint density at radius 1 is 0.923 bits per heavy atom. The fraction of sp³-hybridized carbons (Fsp3) is 0.118. The Balaban J connectivity index is 1.75. The van der Waals surface area contributed by atoms with E-state index in [4.69, 9.17) is 23.2 Å². The first-order valence-electron chi connectivity index (χ1n) is 7.40. The lowest BCUT2D eigenvalue weighted by atomic mass is 10.1. The highest BCUT2D eigenvalue weighted by molar-refractivity contribution is 6.36. The molecule has 0 aliphatic rings. The molecule has 9 heteroatoms. The number of amides is 3. The van der Waals surface area contributed by atoms with Crippen LogP contribution in [0, 0.1) is 5.82 Å². The molecule has 26 heavy (non-hydrogen) atoms. The Hall–Kier alpha value is -2.64. The van der Waals surface area contributed by atoms with Crippen LogP contribution >= 0.6 is 23.2 Å². The Morgan fingerprint density at radius 2 is 1.58 bits per heavy atom. The Kier molecular flexibility index (Phi) is 6.94. The van der Waals surface area contributed by atoms with Crippen molar-refractivity contribution in [3.63, 3.8) is 0 Å². The minimum atomic E-state index is -0.629. The standard InChI is InChI=1S/C17H14Cl2FN3O3/c18-11-3-6-13(14(19)8-11)17(26)21-9-16(25)23-22-15(24)7-10-1-4-12(20)5-2-10/h1-6,8H,7,9H2,(H,21,26)(H,22,24)(H,23,25). The van der Waals surface area contributed by atoms with E-state index in [0.717, 1.165) is 0 Å². The summed E-state index contributed by atoms with van der Waals surface area (Å²) in [5, 5.41) is 2.91. The molecule has 136 valence electrons. The summed E-state index contributed by atoms with van der Waals surface area (Å²) in [6.45, 7) is -0.366. The van der Waals surface area contributed by atoms with Crippen molar-refractivity contribution in [2.24, 2.45) is 0 Å². The van der Waals surface area contributed by atoms with Crippen LogP contribution in [-0.4, -0.2) is 24.3 Å². The summed E-state index contributed by atoms with van der Waals surface area (Å²) in [5.41, 5.74) is 5.12. The summed E-state index contributed by atoms with van der Waals surface area (Å²) in [5.74, 6) is -2.08. The van der Waals surface area contributed by atoms with Gasteiger partial charge in [0.2, 0.25) is 5.91 Å². The van der Waals surface area contributed by atoms with Crippen LogP contribution in [0.25, 0.3) is 0 Å². The van der Waals surface area contributed by atoms with E-state index in [-0.39, 0.29) is 23.6 Å². The highest BCUT2D eigenvalue weighted by Gasteiger charge is 2.12. The van der Waals surface area contributed by atoms with Gasteiger partial charge in [0.1, 0.15) is 5.82 Å². The number of halogens is 3. The number of carbonyl (C=O) groups excluding carboxylic acids is 3. The molecule has 6 nitrogen and oxygen atoms in total. The third kappa shape index (κ3) is 6.02. The van der Waals surface area contributed by atoms with Gasteiger partial charge in [-0.1, -0.05) is 35.3 Å². The summed E-state index contributed by atoms with van der Waals surface area (Å²) in [6, 6.07) is 9.74. The summed E-state index contributed by atoms with van der Waals surface area (Å²) in [4.78, 5) is 35.3. The molecule has 0 bridgehead atoms. The number of benzene rings is 2. The number of hydrazine groups is 1. The van der Waals surface area contributed by atoms with E-state index >= 15 is 0 Å². The van der Waals surface area contributed by atoms with Gasteiger partial charge in [-0.15, -0.1) is 0 Å². The molecule has 3 amide bonds. The SMILES string of the molecule is O=C(CNC(=O)c1ccc(Cl)cc1Cl)NNC(=O)Cc1ccc(F)cc1. The molecule has 2 rings (SSSR count). The molecular formula is C17H14Cl2FN3O3. The van der Waals surface area contributed by atoms with Gasteiger partial charge in [0.05, 0.1) is 23.6 Å². The van der Waals surface area contributed by atoms with Crippen LogP contribution in [-0.2, 0) is 16.0 Å². The zero-order valence-electron chi connectivity index (χ0n) is 13.3. The van der Waals surface area contributed by atoms with Gasteiger partial charge in [-0.25, -0.2) is 4.39 Å². The van der Waals surface area contributed by atoms with Crippen LogP contribution in [0.3, 0.4) is 0 Å². The van der Waals surface area contributed by atoms with E-state index in [1.807, 2.05) is 0 Å². The molecule has 0 atom stereocenters. The van der Waals surface area contributed by atoms with Crippen molar-refractivity contribution in [2.75, 3.05) is 6.54 Å². The van der Waals surface area contributed by atoms with Gasteiger partial charge in [0.25, 0.3) is 11.8 Å². The third-order valence-corrected chi connectivity index (χ3v) is 3.75. The van der Waals surface area contributed by atoms with Crippen molar-refractivity contribution in [1.29, 1.82) is 0 Å². The van der Waals surface area contributed by atoms with E-state index in [1.54, 1.807) is 0 Å². The predicted octanol–water partition coefficient (Wildman–Crippen LogP) is 2.25. The molecule has 0 saturated carbocycles. The smallest absolute Gasteiger partial charge is 0.257 e. The molecule has 0 radical (unpaired) electrons. The number of hydrogen-bond donors (Lipinski definition) is 3. The lowest BCUT2D eigenvalue weighted by Crippen LogP contribution is -2.46. The molecular weight excluding hydrogens is 384 g/mol. The first-order chi connectivity index (χ1) is 12.3. The van der Waals surface area contributed by atoms with Gasteiger partial charge in [0.15, 0.2) is 0 Å². The zero-order chi connectivity index (χ0) is 19.1. The maximum Gasteiger partial charge on any atom is 0.257 e. The summed E-state index contributed by atoms with van der Waals surface area (Å²) < 4.78 is 12.8. The van der Waals surface area contributed by atoms with E-state index in [0.29, 0.717) is 10.6 Å². The lowest BCUT2D eigenvalue weighted by Gasteiger charge is -2.09. The van der Waals surface area contributed by atoms with E-state index < -0.39 is 23.5 Å². The van der Waals surface area contributed by atoms with Gasteiger partial charge >= 0.3 is 0 Å². The molecule has 2 aromatic carbocycles. The van der Waals surface area contributed by atoms with Gasteiger partial charge in [0, 0.05) is 5.02 Å². The topological polar surface area (TPSA) is 87.3 Å². The molecule has 0 spiro atoms. The van der Waals surface area contributed by atoms with Crippen LogP contribution in [0.1, 0.15) is 15.9 Å². The van der Waals surface area contributed by atoms with Crippen LogP contribution in [0.15, 0.2) is 42.5 Å². The molecule has 0 aliphatic heterocycles. The highest BCUT2D eigenvalue weighted by atomic mass is 35.5. The Bertz CT molecular complexity index is 829. The molecule has 0 heterocycles. The predicted molar refractivity (Wildman–Crippen MR) is 95.2 cm³/mol. The van der Waals surface area contributed by atoms with Crippen molar-refractivity contribution in [3.05, 3.63) is 69.5 Å². The molecule has 2 aromatic rings. The monoisotopic (exact) mass is 397 g/mol. The van der Waals surface area contributed by atoms with Crippen molar-refractivity contribution in [3.8, 4) is 0 Å². The first kappa shape index (κ1) is 19.7. The molecule has 3 N–H and O–H groups in total. The van der Waals surface area contributed by atoms with E-state index in [1.165, 1.54) is 42.5 Å². The van der Waals surface area contributed by atoms with E-state index in [9.17, 15) is 18.8 Å². The largest absolute Gasteiger partial charge is 0.343 e. The van der Waals surface area contributed by atoms with E-state index in [2.05, 4.69) is 16.2 Å². The first-order valence-corrected chi connectivity index (χ1v) is 8.16. The molecule has 0 aliphatic carbocycles. The summed E-state index contributed by atoms with van der Waals surface area (Å²) in [7, 11) is 0. The minimum absolute atomic E-state index is 0.0344. The molecule has 0 saturated heterocycles. The van der Waals surface area contributed by atoms with Crippen LogP contribution in [0.4, 0.5) is 4.39 Å². The molecule has 0 unspecified atom stereocenters. The second-order valence-electron chi connectivity index (χ2n) is 5.21. The van der Waals surface area contributed by atoms with Gasteiger partial charge < -0.3 is 5.32 Å². The molecule has 0 aromatic heterocycles. The van der Waals surface area contributed by atoms with Crippen LogP contribution < -0.4 is 16.2 Å². The summed E-state index contributed by atoms with van der Waals surface area (Å²) >= 11 is 11.6. The second-order valence-corrected chi connectivity index (χ2v) is 6.05. The van der Waals surface area contributed by atoms with Crippen molar-refractivity contribution >= 4 is 40.9 Å². The molecule has 0 fully saturated rings. The average molecular weight is 398 g/mol. The van der Waals surface area contributed by atoms with Gasteiger partial charge in [-0.3, -0.25) is 25.2 Å². The quantitative estimate of drug-likeness (QED) is 0.676. The van der Waals surface area contributed by atoms with Gasteiger partial charge in [-0.05, 0) is 35.9 Å². The fourth-order valence-corrected chi connectivity index (χ4v) is 2.44. The minimum Gasteiger partial charge on any atom is -0.343 e.